The molecule has 0 saturated heterocycles. The molecule has 0 aliphatic rings. The Balaban J connectivity index is 3.00. The molecule has 0 radical (unpaired) electrons. The summed E-state index contributed by atoms with van der Waals surface area (Å²) in [6, 6.07) is 0.205. The van der Waals surface area contributed by atoms with Crippen LogP contribution in [-0.2, 0) is 0 Å². The van der Waals surface area contributed by atoms with E-state index in [2.05, 4.69) is 15.3 Å². The van der Waals surface area contributed by atoms with Crippen LogP contribution in [0.15, 0.2) is 11.1 Å². The summed E-state index contributed by atoms with van der Waals surface area (Å²) in [4.78, 5) is 17.2. The molecule has 66 valence electrons. The molecule has 2 N–H and O–H groups in total. The molecule has 0 aromatic carbocycles. The summed E-state index contributed by atoms with van der Waals surface area (Å²) in [5.74, 6) is 0.426. The van der Waals surface area contributed by atoms with Gasteiger partial charge in [-0.15, -0.1) is 0 Å². The Morgan fingerprint density at radius 2 is 2.33 bits per heavy atom. The fourth-order valence-electron chi connectivity index (χ4n) is 0.757. The molecule has 0 unspecified atom stereocenters. The van der Waals surface area contributed by atoms with Gasteiger partial charge in [-0.2, -0.15) is 0 Å². The molecule has 0 fully saturated rings. The van der Waals surface area contributed by atoms with Gasteiger partial charge in [0.25, 0.3) is 5.56 Å². The molecular formula is C7H10ClN3O. The van der Waals surface area contributed by atoms with E-state index in [4.69, 9.17) is 11.6 Å². The maximum absolute atomic E-state index is 11.0. The molecule has 0 amide bonds. The molecule has 0 atom stereocenters. The van der Waals surface area contributed by atoms with E-state index in [1.165, 1.54) is 6.33 Å². The second kappa shape index (κ2) is 3.58. The van der Waals surface area contributed by atoms with Crippen molar-refractivity contribution in [2.24, 2.45) is 0 Å². The van der Waals surface area contributed by atoms with E-state index in [1.54, 1.807) is 0 Å². The first-order chi connectivity index (χ1) is 5.61. The smallest absolute Gasteiger partial charge is 0.271 e. The van der Waals surface area contributed by atoms with Gasteiger partial charge in [0.1, 0.15) is 5.02 Å². The first-order valence-corrected chi connectivity index (χ1v) is 3.98. The molecule has 0 spiro atoms. The molecule has 4 nitrogen and oxygen atoms in total. The number of rotatable bonds is 2. The highest BCUT2D eigenvalue weighted by atomic mass is 35.5. The first kappa shape index (κ1) is 9.06. The highest BCUT2D eigenvalue weighted by Crippen LogP contribution is 2.12. The second-order valence-electron chi connectivity index (χ2n) is 2.69. The van der Waals surface area contributed by atoms with Crippen LogP contribution in [0.2, 0.25) is 5.02 Å². The Kier molecular flexibility index (Phi) is 2.70. The van der Waals surface area contributed by atoms with Crippen LogP contribution in [0.4, 0.5) is 5.82 Å². The van der Waals surface area contributed by atoms with Crippen LogP contribution in [0, 0.1) is 0 Å². The van der Waals surface area contributed by atoms with Crippen LogP contribution in [0.1, 0.15) is 13.8 Å². The van der Waals surface area contributed by atoms with Crippen molar-refractivity contribution in [1.82, 2.24) is 9.97 Å². The van der Waals surface area contributed by atoms with Crippen molar-refractivity contribution in [1.29, 1.82) is 0 Å². The molecule has 1 rings (SSSR count). The number of aromatic amines is 1. The highest BCUT2D eigenvalue weighted by molar-refractivity contribution is 6.32. The van der Waals surface area contributed by atoms with E-state index in [0.717, 1.165) is 0 Å². The largest absolute Gasteiger partial charge is 0.366 e. The van der Waals surface area contributed by atoms with Gasteiger partial charge in [0.15, 0.2) is 5.82 Å². The van der Waals surface area contributed by atoms with E-state index in [9.17, 15) is 4.79 Å². The standard InChI is InChI=1S/C7H10ClN3O/c1-4(2)11-6-5(8)7(12)10-3-9-6/h3-4H,1-2H3,(H2,9,10,11,12). The third kappa shape index (κ3) is 1.98. The van der Waals surface area contributed by atoms with Crippen LogP contribution in [-0.4, -0.2) is 16.0 Å². The van der Waals surface area contributed by atoms with Crippen molar-refractivity contribution >= 4 is 17.4 Å². The monoisotopic (exact) mass is 187 g/mol. The molecule has 1 aromatic heterocycles. The van der Waals surface area contributed by atoms with Crippen LogP contribution < -0.4 is 10.9 Å². The molecule has 0 aliphatic heterocycles. The van der Waals surface area contributed by atoms with Gasteiger partial charge in [-0.25, -0.2) is 4.98 Å². The van der Waals surface area contributed by atoms with Crippen molar-refractivity contribution < 1.29 is 0 Å². The average Bonchev–Trinajstić information content (AvgIpc) is 1.98. The van der Waals surface area contributed by atoms with Gasteiger partial charge >= 0.3 is 0 Å². The fraction of sp³-hybridized carbons (Fsp3) is 0.429. The number of hydrogen-bond acceptors (Lipinski definition) is 3. The summed E-state index contributed by atoms with van der Waals surface area (Å²) in [6.07, 6.45) is 1.32. The molecule has 0 aliphatic carbocycles. The lowest BCUT2D eigenvalue weighted by Crippen LogP contribution is -2.16. The first-order valence-electron chi connectivity index (χ1n) is 3.61. The molecule has 0 bridgehead atoms. The lowest BCUT2D eigenvalue weighted by molar-refractivity contribution is 0.884. The SMILES string of the molecule is CC(C)Nc1nc[nH]c(=O)c1Cl. The molecule has 1 aromatic rings. The zero-order valence-electron chi connectivity index (χ0n) is 6.89. The van der Waals surface area contributed by atoms with E-state index in [1.807, 2.05) is 13.8 Å². The Labute approximate surface area is 75.0 Å². The Morgan fingerprint density at radius 1 is 1.67 bits per heavy atom. The van der Waals surface area contributed by atoms with Gasteiger partial charge in [0.2, 0.25) is 0 Å². The van der Waals surface area contributed by atoms with Gasteiger partial charge in [0, 0.05) is 6.04 Å². The van der Waals surface area contributed by atoms with E-state index >= 15 is 0 Å². The minimum atomic E-state index is -0.324. The van der Waals surface area contributed by atoms with Crippen molar-refractivity contribution in [2.45, 2.75) is 19.9 Å². The normalized spacial score (nSPS) is 10.3. The zero-order chi connectivity index (χ0) is 9.14. The van der Waals surface area contributed by atoms with Crippen LogP contribution in [0.5, 0.6) is 0 Å². The zero-order valence-corrected chi connectivity index (χ0v) is 7.64. The number of anilines is 1. The van der Waals surface area contributed by atoms with Crippen molar-refractivity contribution in [3.8, 4) is 0 Å². The van der Waals surface area contributed by atoms with Crippen molar-refractivity contribution in [3.05, 3.63) is 21.7 Å². The Morgan fingerprint density at radius 3 is 2.92 bits per heavy atom. The minimum absolute atomic E-state index is 0.103. The summed E-state index contributed by atoms with van der Waals surface area (Å²) in [6.45, 7) is 3.89. The van der Waals surface area contributed by atoms with E-state index in [-0.39, 0.29) is 16.6 Å². The molecule has 1 heterocycles. The summed E-state index contributed by atoms with van der Waals surface area (Å²) >= 11 is 5.67. The number of H-pyrrole nitrogens is 1. The van der Waals surface area contributed by atoms with Crippen molar-refractivity contribution in [2.75, 3.05) is 5.32 Å². The predicted octanol–water partition coefficient (Wildman–Crippen LogP) is 1.24. The Hall–Kier alpha value is -1.03. The van der Waals surface area contributed by atoms with E-state index < -0.39 is 0 Å². The highest BCUT2D eigenvalue weighted by Gasteiger charge is 2.05. The molecule has 5 heteroatoms. The van der Waals surface area contributed by atoms with E-state index in [0.29, 0.717) is 5.82 Å². The fourth-order valence-corrected chi connectivity index (χ4v) is 0.915. The third-order valence-corrected chi connectivity index (χ3v) is 1.57. The lowest BCUT2D eigenvalue weighted by atomic mass is 10.4. The van der Waals surface area contributed by atoms with Gasteiger partial charge < -0.3 is 10.3 Å². The summed E-state index contributed by atoms with van der Waals surface area (Å²) in [5, 5.41) is 3.05. The average molecular weight is 188 g/mol. The van der Waals surface area contributed by atoms with Gasteiger partial charge in [0.05, 0.1) is 6.33 Å². The third-order valence-electron chi connectivity index (χ3n) is 1.22. The summed E-state index contributed by atoms with van der Waals surface area (Å²) < 4.78 is 0. The predicted molar refractivity (Wildman–Crippen MR) is 48.6 cm³/mol. The summed E-state index contributed by atoms with van der Waals surface area (Å²) in [7, 11) is 0. The number of nitrogens with zero attached hydrogens (tertiary/aromatic N) is 1. The van der Waals surface area contributed by atoms with Crippen LogP contribution in [0.3, 0.4) is 0 Å². The van der Waals surface area contributed by atoms with Gasteiger partial charge in [-0.3, -0.25) is 4.79 Å². The topological polar surface area (TPSA) is 57.8 Å². The van der Waals surface area contributed by atoms with Crippen LogP contribution in [0.25, 0.3) is 0 Å². The number of hydrogen-bond donors (Lipinski definition) is 2. The molecule has 0 saturated carbocycles. The number of aromatic nitrogens is 2. The van der Waals surface area contributed by atoms with Gasteiger partial charge in [-0.1, -0.05) is 11.6 Å². The molecule has 12 heavy (non-hydrogen) atoms. The number of nitrogens with one attached hydrogen (secondary N) is 2. The maximum atomic E-state index is 11.0. The second-order valence-corrected chi connectivity index (χ2v) is 3.07. The maximum Gasteiger partial charge on any atom is 0.271 e. The summed E-state index contributed by atoms with van der Waals surface area (Å²) in [5.41, 5.74) is -0.324. The number of halogens is 1. The van der Waals surface area contributed by atoms with Gasteiger partial charge in [-0.05, 0) is 13.8 Å². The minimum Gasteiger partial charge on any atom is -0.366 e. The van der Waals surface area contributed by atoms with Crippen LogP contribution >= 0.6 is 11.6 Å². The van der Waals surface area contributed by atoms with Crippen molar-refractivity contribution in [3.63, 3.8) is 0 Å². The Bertz CT molecular complexity index is 321. The lowest BCUT2D eigenvalue weighted by Gasteiger charge is -2.08. The quantitative estimate of drug-likeness (QED) is 0.733. The molecular weight excluding hydrogens is 178 g/mol.